The molecule has 0 radical (unpaired) electrons. The van der Waals surface area contributed by atoms with E-state index in [0.29, 0.717) is 35.8 Å². The smallest absolute Gasteiger partial charge is 0.337 e. The van der Waals surface area contributed by atoms with Gasteiger partial charge < -0.3 is 35.2 Å². The van der Waals surface area contributed by atoms with Crippen LogP contribution in [0.4, 0.5) is 0 Å². The second kappa shape index (κ2) is 12.2. The van der Waals surface area contributed by atoms with E-state index in [-0.39, 0.29) is 29.9 Å². The van der Waals surface area contributed by atoms with Crippen LogP contribution >= 0.6 is 0 Å². The molecule has 0 amide bonds. The Morgan fingerprint density at radius 3 is 2.46 bits per heavy atom. The van der Waals surface area contributed by atoms with E-state index in [2.05, 4.69) is 73.4 Å². The summed E-state index contributed by atoms with van der Waals surface area (Å²) in [4.78, 5) is 33.2. The standard InChI is InChI=1S/C37H46N4O5/c1-9-21-17(4)24-14-26-19(6)23(12-13-30(42)46-11-3)34(40-26)32-33(37(44)45-8)36(43)31-20(7)27(41-35(31)32)16-29-22(10-2)18(5)25(39-29)15-28(21)38-24/h14-16,19,21,28,36,38-41,43H,9-13H2,1-8H3/b25-15-,26-14-,29-16-/t19-,21+,28?,36+/m0/s1. The Morgan fingerprint density at radius 2 is 1.78 bits per heavy atom. The molecular formula is C37H46N4O5. The Balaban J connectivity index is 1.66. The number of aliphatic hydroxyl groups excluding tert-OH is 1. The Labute approximate surface area is 270 Å². The number of hydrogen-bond acceptors (Lipinski definition) is 7. The maximum absolute atomic E-state index is 13.4. The normalized spacial score (nSPS) is 25.8. The zero-order valence-corrected chi connectivity index (χ0v) is 28.2. The minimum Gasteiger partial charge on any atom is -0.466 e. The first-order valence-corrected chi connectivity index (χ1v) is 16.5. The monoisotopic (exact) mass is 626 g/mol. The van der Waals surface area contributed by atoms with Gasteiger partial charge in [0, 0.05) is 62.9 Å². The Kier molecular flexibility index (Phi) is 8.40. The zero-order chi connectivity index (χ0) is 33.0. The maximum Gasteiger partial charge on any atom is 0.337 e. The van der Waals surface area contributed by atoms with Crippen molar-refractivity contribution in [3.05, 3.63) is 84.2 Å². The number of aromatic amines is 2. The number of aromatic nitrogens is 2. The molecule has 2 aromatic rings. The fourth-order valence-electron chi connectivity index (χ4n) is 7.88. The molecule has 0 saturated heterocycles. The van der Waals surface area contributed by atoms with E-state index >= 15 is 0 Å². The molecule has 5 N–H and O–H groups in total. The molecule has 0 aromatic carbocycles. The van der Waals surface area contributed by atoms with Crippen LogP contribution in [0.1, 0.15) is 93.6 Å². The number of nitrogens with one attached hydrogen (secondary N) is 4. The Bertz CT molecular complexity index is 1880. The van der Waals surface area contributed by atoms with Gasteiger partial charge in [-0.3, -0.25) is 4.79 Å². The number of fused-ring (bicyclic) bond motifs is 8. The Morgan fingerprint density at radius 1 is 1.02 bits per heavy atom. The molecule has 3 aliphatic heterocycles. The molecule has 244 valence electrons. The molecule has 8 bridgehead atoms. The molecule has 0 spiro atoms. The van der Waals surface area contributed by atoms with Gasteiger partial charge in [-0.1, -0.05) is 20.8 Å². The van der Waals surface area contributed by atoms with Crippen molar-refractivity contribution in [3.8, 4) is 0 Å². The number of carbonyl (C=O) groups excluding carboxylic acids is 2. The van der Waals surface area contributed by atoms with Crippen LogP contribution in [0.15, 0.2) is 39.9 Å². The van der Waals surface area contributed by atoms with Crippen molar-refractivity contribution in [2.45, 2.75) is 86.3 Å². The van der Waals surface area contributed by atoms with Gasteiger partial charge in [-0.05, 0) is 93.0 Å². The fourth-order valence-corrected chi connectivity index (χ4v) is 7.88. The average molecular weight is 627 g/mol. The van der Waals surface area contributed by atoms with Gasteiger partial charge in [-0.15, -0.1) is 0 Å². The van der Waals surface area contributed by atoms with Crippen LogP contribution in [0.25, 0.3) is 17.7 Å². The number of rotatable bonds is 7. The summed E-state index contributed by atoms with van der Waals surface area (Å²) in [5.41, 5.74) is 11.3. The highest BCUT2D eigenvalue weighted by molar-refractivity contribution is 6.06. The molecule has 0 fully saturated rings. The van der Waals surface area contributed by atoms with Crippen molar-refractivity contribution in [2.75, 3.05) is 13.7 Å². The van der Waals surface area contributed by atoms with Crippen molar-refractivity contribution in [1.82, 2.24) is 20.6 Å². The molecular weight excluding hydrogens is 580 g/mol. The molecule has 5 heterocycles. The van der Waals surface area contributed by atoms with E-state index < -0.39 is 12.1 Å². The number of hydrogen-bond donors (Lipinski definition) is 5. The van der Waals surface area contributed by atoms with Crippen LogP contribution in [0.2, 0.25) is 0 Å². The molecule has 4 aliphatic rings. The van der Waals surface area contributed by atoms with Crippen molar-refractivity contribution in [2.24, 2.45) is 11.8 Å². The van der Waals surface area contributed by atoms with E-state index in [1.54, 1.807) is 6.92 Å². The summed E-state index contributed by atoms with van der Waals surface area (Å²) < 4.78 is 10.5. The summed E-state index contributed by atoms with van der Waals surface area (Å²) in [5, 5.41) is 21.4. The highest BCUT2D eigenvalue weighted by Crippen LogP contribution is 2.50. The van der Waals surface area contributed by atoms with Gasteiger partial charge in [0.1, 0.15) is 6.10 Å². The summed E-state index contributed by atoms with van der Waals surface area (Å²) in [6, 6.07) is 0.118. The lowest BCUT2D eigenvalue weighted by Crippen LogP contribution is -2.29. The third kappa shape index (κ3) is 4.96. The molecule has 2 aromatic heterocycles. The lowest BCUT2D eigenvalue weighted by molar-refractivity contribution is -0.143. The van der Waals surface area contributed by atoms with Crippen molar-refractivity contribution in [1.29, 1.82) is 0 Å². The fraction of sp³-hybridized carbons (Fsp3) is 0.459. The maximum atomic E-state index is 13.4. The van der Waals surface area contributed by atoms with E-state index in [1.165, 1.54) is 23.8 Å². The number of aliphatic hydroxyl groups is 1. The third-order valence-electron chi connectivity index (χ3n) is 10.5. The number of ether oxygens (including phenoxy) is 2. The quantitative estimate of drug-likeness (QED) is 0.293. The number of esters is 2. The first kappa shape index (κ1) is 31.7. The highest BCUT2D eigenvalue weighted by Gasteiger charge is 2.43. The molecule has 6 rings (SSSR count). The van der Waals surface area contributed by atoms with E-state index in [4.69, 9.17) is 9.47 Å². The SMILES string of the molecule is CCOC(=O)CCC1=C2N/C(=C\C3=C(C)[C@@H](CC)C(/C=c4\[nH]/c(c(CC)c4C)=C\c4[nH]c5c(c4C)[C@@H](O)C(C(=O)OC)=C25)N3)[C@H]1C. The van der Waals surface area contributed by atoms with Crippen LogP contribution in [0, 0.1) is 25.7 Å². The summed E-state index contributed by atoms with van der Waals surface area (Å²) in [6.45, 7) is 15.0. The second-order valence-electron chi connectivity index (χ2n) is 12.8. The summed E-state index contributed by atoms with van der Waals surface area (Å²) >= 11 is 0. The number of carbonyl (C=O) groups is 2. The van der Waals surface area contributed by atoms with Gasteiger partial charge in [-0.2, -0.15) is 0 Å². The number of allylic oxidation sites excluding steroid dienone is 3. The van der Waals surface area contributed by atoms with Crippen molar-refractivity contribution in [3.63, 3.8) is 0 Å². The van der Waals surface area contributed by atoms with Crippen LogP contribution in [-0.4, -0.2) is 46.8 Å². The topological polar surface area (TPSA) is 128 Å². The van der Waals surface area contributed by atoms with Gasteiger partial charge >= 0.3 is 11.9 Å². The van der Waals surface area contributed by atoms with E-state index in [9.17, 15) is 14.7 Å². The van der Waals surface area contributed by atoms with Gasteiger partial charge in [0.2, 0.25) is 0 Å². The first-order chi connectivity index (χ1) is 22.0. The van der Waals surface area contributed by atoms with Crippen LogP contribution in [0.3, 0.4) is 0 Å². The molecule has 9 heteroatoms. The van der Waals surface area contributed by atoms with Gasteiger partial charge in [0.25, 0.3) is 0 Å². The van der Waals surface area contributed by atoms with Crippen LogP contribution in [0.5, 0.6) is 0 Å². The molecule has 46 heavy (non-hydrogen) atoms. The van der Waals surface area contributed by atoms with Gasteiger partial charge in [0.15, 0.2) is 0 Å². The van der Waals surface area contributed by atoms with E-state index in [1.807, 2.05) is 6.92 Å². The molecule has 4 atom stereocenters. The zero-order valence-electron chi connectivity index (χ0n) is 28.2. The predicted molar refractivity (Wildman–Crippen MR) is 178 cm³/mol. The minimum atomic E-state index is -1.17. The molecule has 9 nitrogen and oxygen atoms in total. The molecule has 1 aliphatic carbocycles. The number of methoxy groups -OCH3 is 1. The van der Waals surface area contributed by atoms with Crippen LogP contribution < -0.4 is 21.3 Å². The predicted octanol–water partition coefficient (Wildman–Crippen LogP) is 4.11. The Hall–Kier alpha value is -4.24. The lowest BCUT2D eigenvalue weighted by atomic mass is 9.91. The average Bonchev–Trinajstić information content (AvgIpc) is 3.77. The summed E-state index contributed by atoms with van der Waals surface area (Å²) in [6.07, 6.45) is 7.94. The van der Waals surface area contributed by atoms with Crippen molar-refractivity contribution < 1.29 is 24.2 Å². The summed E-state index contributed by atoms with van der Waals surface area (Å²) in [7, 11) is 1.33. The third-order valence-corrected chi connectivity index (χ3v) is 10.5. The largest absolute Gasteiger partial charge is 0.466 e. The molecule has 1 unspecified atom stereocenters. The summed E-state index contributed by atoms with van der Waals surface area (Å²) in [5.74, 6) is -0.621. The minimum absolute atomic E-state index is 0.0834. The first-order valence-electron chi connectivity index (χ1n) is 16.5. The van der Waals surface area contributed by atoms with Gasteiger partial charge in [-0.25, -0.2) is 4.79 Å². The van der Waals surface area contributed by atoms with Gasteiger partial charge in [0.05, 0.1) is 31.0 Å². The highest BCUT2D eigenvalue weighted by atomic mass is 16.5. The van der Waals surface area contributed by atoms with Crippen LogP contribution in [-0.2, 0) is 25.5 Å². The lowest BCUT2D eigenvalue weighted by Gasteiger charge is -2.16. The number of H-pyrrole nitrogens is 2. The molecule has 0 saturated carbocycles. The van der Waals surface area contributed by atoms with Crippen molar-refractivity contribution >= 4 is 29.7 Å². The van der Waals surface area contributed by atoms with E-state index in [0.717, 1.165) is 57.5 Å². The second-order valence-corrected chi connectivity index (χ2v) is 12.8.